The van der Waals surface area contributed by atoms with Crippen LogP contribution in [0.1, 0.15) is 5.56 Å². The number of aromatic amines is 2. The molecule has 0 radical (unpaired) electrons. The van der Waals surface area contributed by atoms with Crippen LogP contribution in [0, 0.1) is 0 Å². The Bertz CT molecular complexity index is 486. The maximum absolute atomic E-state index is 11.0. The van der Waals surface area contributed by atoms with E-state index in [2.05, 4.69) is 14.8 Å². The second-order valence-electron chi connectivity index (χ2n) is 3.08. The van der Waals surface area contributed by atoms with Crippen LogP contribution in [0.5, 0.6) is 0 Å². The Morgan fingerprint density at radius 1 is 1.29 bits per heavy atom. The summed E-state index contributed by atoms with van der Waals surface area (Å²) in [5.41, 5.74) is 2.52. The number of nitrogens with one attached hydrogen (secondary N) is 2. The molecule has 0 unspecified atom stereocenters. The molecule has 0 fully saturated rings. The van der Waals surface area contributed by atoms with E-state index in [1.165, 1.54) is 0 Å². The number of fused-ring (bicyclic) bond motifs is 1. The second-order valence-corrected chi connectivity index (χ2v) is 3.08. The van der Waals surface area contributed by atoms with E-state index in [1.54, 1.807) is 0 Å². The molecule has 74 valence electrons. The van der Waals surface area contributed by atoms with E-state index in [4.69, 9.17) is 5.90 Å². The van der Waals surface area contributed by atoms with Crippen molar-refractivity contribution in [1.29, 1.82) is 0 Å². The van der Waals surface area contributed by atoms with Crippen molar-refractivity contribution in [2.45, 2.75) is 6.42 Å². The van der Waals surface area contributed by atoms with Crippen LogP contribution in [0.15, 0.2) is 23.0 Å². The van der Waals surface area contributed by atoms with Crippen molar-refractivity contribution in [3.63, 3.8) is 0 Å². The van der Waals surface area contributed by atoms with Gasteiger partial charge in [-0.1, -0.05) is 6.07 Å². The number of H-pyrrole nitrogens is 2. The van der Waals surface area contributed by atoms with Crippen molar-refractivity contribution in [3.8, 4) is 0 Å². The Labute approximate surface area is 79.8 Å². The highest BCUT2D eigenvalue weighted by Crippen LogP contribution is 2.10. The lowest BCUT2D eigenvalue weighted by Gasteiger charge is -1.99. The average Bonchev–Trinajstić information content (AvgIpc) is 2.54. The first-order valence-corrected chi connectivity index (χ1v) is 4.32. The van der Waals surface area contributed by atoms with Crippen LogP contribution in [0.2, 0.25) is 0 Å². The van der Waals surface area contributed by atoms with Crippen molar-refractivity contribution in [3.05, 3.63) is 34.2 Å². The maximum Gasteiger partial charge on any atom is 0.323 e. The van der Waals surface area contributed by atoms with E-state index in [0.717, 1.165) is 23.0 Å². The minimum Gasteiger partial charge on any atom is -0.306 e. The van der Waals surface area contributed by atoms with Crippen LogP contribution >= 0.6 is 0 Å². The molecule has 1 aromatic carbocycles. The van der Waals surface area contributed by atoms with Gasteiger partial charge in [0, 0.05) is 0 Å². The van der Waals surface area contributed by atoms with E-state index in [-0.39, 0.29) is 5.69 Å². The van der Waals surface area contributed by atoms with Crippen LogP contribution in [0.4, 0.5) is 0 Å². The molecule has 0 amide bonds. The summed E-state index contributed by atoms with van der Waals surface area (Å²) < 4.78 is 0. The van der Waals surface area contributed by atoms with Gasteiger partial charge in [-0.2, -0.15) is 0 Å². The standard InChI is InChI=1S/C9H11N3O2/c10-14-4-3-6-1-2-7-8(5-6)12-9(13)11-7/h1-2,5H,3-4,10H2,(H2,11,12,13). The SMILES string of the molecule is NOCCc1ccc2[nH]c(=O)[nH]c2c1. The predicted octanol–water partition coefficient (Wildman–Crippen LogP) is 0.289. The molecule has 2 rings (SSSR count). The first-order valence-electron chi connectivity index (χ1n) is 4.32. The first kappa shape index (κ1) is 8.98. The van der Waals surface area contributed by atoms with Gasteiger partial charge in [-0.25, -0.2) is 10.7 Å². The van der Waals surface area contributed by atoms with Gasteiger partial charge < -0.3 is 14.8 Å². The zero-order valence-electron chi connectivity index (χ0n) is 7.54. The highest BCUT2D eigenvalue weighted by Gasteiger charge is 1.99. The highest BCUT2D eigenvalue weighted by atomic mass is 16.6. The van der Waals surface area contributed by atoms with E-state index in [0.29, 0.717) is 6.61 Å². The summed E-state index contributed by atoms with van der Waals surface area (Å²) >= 11 is 0. The summed E-state index contributed by atoms with van der Waals surface area (Å²) in [5, 5.41) is 0. The lowest BCUT2D eigenvalue weighted by Crippen LogP contribution is -2.03. The molecule has 14 heavy (non-hydrogen) atoms. The minimum atomic E-state index is -0.188. The predicted molar refractivity (Wildman–Crippen MR) is 52.8 cm³/mol. The van der Waals surface area contributed by atoms with Crippen LogP contribution in [0.25, 0.3) is 11.0 Å². The Balaban J connectivity index is 2.35. The summed E-state index contributed by atoms with van der Waals surface area (Å²) in [4.78, 5) is 20.8. The summed E-state index contributed by atoms with van der Waals surface area (Å²) in [6, 6.07) is 5.70. The quantitative estimate of drug-likeness (QED) is 0.612. The largest absolute Gasteiger partial charge is 0.323 e. The molecule has 0 aliphatic heterocycles. The Kier molecular flexibility index (Phi) is 2.34. The van der Waals surface area contributed by atoms with Crippen LogP contribution < -0.4 is 11.6 Å². The van der Waals surface area contributed by atoms with Gasteiger partial charge in [0.1, 0.15) is 0 Å². The highest BCUT2D eigenvalue weighted by molar-refractivity contribution is 5.74. The van der Waals surface area contributed by atoms with Crippen molar-refractivity contribution >= 4 is 11.0 Å². The van der Waals surface area contributed by atoms with E-state index in [9.17, 15) is 4.79 Å². The van der Waals surface area contributed by atoms with Crippen molar-refractivity contribution in [2.75, 3.05) is 6.61 Å². The lowest BCUT2D eigenvalue weighted by molar-refractivity contribution is 0.141. The van der Waals surface area contributed by atoms with E-state index < -0.39 is 0 Å². The third kappa shape index (κ3) is 1.68. The normalized spacial score (nSPS) is 10.9. The van der Waals surface area contributed by atoms with Gasteiger partial charge in [0.25, 0.3) is 0 Å². The van der Waals surface area contributed by atoms with Gasteiger partial charge in [0.15, 0.2) is 0 Å². The molecular weight excluding hydrogens is 182 g/mol. The molecule has 4 N–H and O–H groups in total. The molecule has 0 bridgehead atoms. The first-order chi connectivity index (χ1) is 6.79. The molecule has 0 saturated heterocycles. The number of imidazole rings is 1. The van der Waals surface area contributed by atoms with Crippen LogP contribution in [-0.2, 0) is 11.3 Å². The molecule has 0 aliphatic rings. The third-order valence-corrected chi connectivity index (χ3v) is 2.09. The van der Waals surface area contributed by atoms with Crippen molar-refractivity contribution < 1.29 is 4.84 Å². The maximum atomic E-state index is 11.0. The van der Waals surface area contributed by atoms with Crippen LogP contribution in [0.3, 0.4) is 0 Å². The van der Waals surface area contributed by atoms with E-state index >= 15 is 0 Å². The second kappa shape index (κ2) is 3.65. The molecule has 1 heterocycles. The summed E-state index contributed by atoms with van der Waals surface area (Å²) in [7, 11) is 0. The third-order valence-electron chi connectivity index (χ3n) is 2.09. The molecular formula is C9H11N3O2. The Morgan fingerprint density at radius 3 is 2.86 bits per heavy atom. The summed E-state index contributed by atoms with van der Waals surface area (Å²) in [6.45, 7) is 0.472. The number of benzene rings is 1. The van der Waals surface area contributed by atoms with Gasteiger partial charge in [-0.15, -0.1) is 0 Å². The number of rotatable bonds is 3. The van der Waals surface area contributed by atoms with Gasteiger partial charge in [0.05, 0.1) is 17.6 Å². The summed E-state index contributed by atoms with van der Waals surface area (Å²) in [6.07, 6.45) is 0.736. The molecule has 0 atom stereocenters. The van der Waals surface area contributed by atoms with Gasteiger partial charge in [-0.05, 0) is 24.1 Å². The van der Waals surface area contributed by atoms with Gasteiger partial charge >= 0.3 is 5.69 Å². The zero-order chi connectivity index (χ0) is 9.97. The molecule has 1 aromatic heterocycles. The van der Waals surface area contributed by atoms with E-state index in [1.807, 2.05) is 18.2 Å². The summed E-state index contributed by atoms with van der Waals surface area (Å²) in [5.74, 6) is 4.93. The zero-order valence-corrected chi connectivity index (χ0v) is 7.54. The van der Waals surface area contributed by atoms with Gasteiger partial charge in [0.2, 0.25) is 0 Å². The molecule has 5 nitrogen and oxygen atoms in total. The van der Waals surface area contributed by atoms with Crippen molar-refractivity contribution in [1.82, 2.24) is 9.97 Å². The topological polar surface area (TPSA) is 83.9 Å². The fourth-order valence-corrected chi connectivity index (χ4v) is 1.41. The molecule has 2 aromatic rings. The fraction of sp³-hybridized carbons (Fsp3) is 0.222. The Morgan fingerprint density at radius 2 is 2.07 bits per heavy atom. The van der Waals surface area contributed by atoms with Gasteiger partial charge in [-0.3, -0.25) is 0 Å². The molecule has 5 heteroatoms. The molecule has 0 saturated carbocycles. The van der Waals surface area contributed by atoms with Crippen molar-refractivity contribution in [2.24, 2.45) is 5.90 Å². The minimum absolute atomic E-state index is 0.188. The average molecular weight is 193 g/mol. The molecule has 0 spiro atoms. The lowest BCUT2D eigenvalue weighted by atomic mass is 10.1. The number of hydrogen-bond donors (Lipinski definition) is 3. The fourth-order valence-electron chi connectivity index (χ4n) is 1.41. The van der Waals surface area contributed by atoms with Crippen LogP contribution in [-0.4, -0.2) is 16.6 Å². The number of hydrogen-bond acceptors (Lipinski definition) is 3. The monoisotopic (exact) mass is 193 g/mol. The Hall–Kier alpha value is -1.59. The smallest absolute Gasteiger partial charge is 0.306 e. The molecule has 0 aliphatic carbocycles. The number of nitrogens with two attached hydrogens (primary N) is 1. The number of aromatic nitrogens is 2.